The van der Waals surface area contributed by atoms with E-state index in [1.54, 1.807) is 38.1 Å². The van der Waals surface area contributed by atoms with Crippen molar-refractivity contribution in [3.8, 4) is 0 Å². The van der Waals surface area contributed by atoms with E-state index in [0.29, 0.717) is 15.7 Å². The van der Waals surface area contributed by atoms with Gasteiger partial charge in [0.15, 0.2) is 9.84 Å². The van der Waals surface area contributed by atoms with Crippen molar-refractivity contribution in [3.63, 3.8) is 0 Å². The third-order valence-corrected chi connectivity index (χ3v) is 5.75. The molecule has 2 aromatic rings. The average Bonchev–Trinajstić information content (AvgIpc) is 2.46. The van der Waals surface area contributed by atoms with Crippen molar-refractivity contribution in [2.45, 2.75) is 24.0 Å². The van der Waals surface area contributed by atoms with Gasteiger partial charge in [-0.25, -0.2) is 8.42 Å². The van der Waals surface area contributed by atoms with Gasteiger partial charge in [0.25, 0.3) is 5.91 Å². The second kappa shape index (κ2) is 6.91. The Labute approximate surface area is 145 Å². The maximum Gasteiger partial charge on any atom is 0.255 e. The van der Waals surface area contributed by atoms with Gasteiger partial charge in [0.1, 0.15) is 0 Å². The van der Waals surface area contributed by atoms with Crippen LogP contribution in [0.4, 0.5) is 5.69 Å². The van der Waals surface area contributed by atoms with Gasteiger partial charge in [-0.1, -0.05) is 29.3 Å². The summed E-state index contributed by atoms with van der Waals surface area (Å²) in [6, 6.07) is 10.6. The summed E-state index contributed by atoms with van der Waals surface area (Å²) in [4.78, 5) is 12.4. The lowest BCUT2D eigenvalue weighted by Gasteiger charge is -2.10. The topological polar surface area (TPSA) is 63.2 Å². The molecule has 0 aliphatic heterocycles. The van der Waals surface area contributed by atoms with Gasteiger partial charge in [-0.2, -0.15) is 0 Å². The van der Waals surface area contributed by atoms with Crippen LogP contribution in [0, 0.1) is 0 Å². The Hall–Kier alpha value is -1.56. The molecule has 0 fully saturated rings. The van der Waals surface area contributed by atoms with E-state index in [-0.39, 0.29) is 10.5 Å². The third-order valence-electron chi connectivity index (χ3n) is 3.17. The number of carbonyl (C=O) groups is 1. The van der Waals surface area contributed by atoms with Crippen LogP contribution in [0.25, 0.3) is 0 Å². The SMILES string of the molecule is CC(C)S(=O)(=O)c1cccc(C(=O)Nc2cc(Cl)cc(Cl)c2)c1. The van der Waals surface area contributed by atoms with Gasteiger partial charge in [0, 0.05) is 21.3 Å². The first-order valence-electron chi connectivity index (χ1n) is 6.81. The van der Waals surface area contributed by atoms with Crippen molar-refractivity contribution in [1.29, 1.82) is 0 Å². The normalized spacial score (nSPS) is 11.5. The van der Waals surface area contributed by atoms with Gasteiger partial charge < -0.3 is 5.32 Å². The zero-order valence-corrected chi connectivity index (χ0v) is 14.8. The Bertz CT molecular complexity index is 828. The first-order valence-corrected chi connectivity index (χ1v) is 9.12. The first kappa shape index (κ1) is 17.8. The van der Waals surface area contributed by atoms with Crippen LogP contribution >= 0.6 is 23.2 Å². The molecule has 7 heteroatoms. The van der Waals surface area contributed by atoms with Crippen molar-refractivity contribution in [3.05, 3.63) is 58.1 Å². The summed E-state index contributed by atoms with van der Waals surface area (Å²) in [6.45, 7) is 3.19. The Balaban J connectivity index is 2.30. The van der Waals surface area contributed by atoms with Crippen molar-refractivity contribution in [2.24, 2.45) is 0 Å². The van der Waals surface area contributed by atoms with E-state index in [9.17, 15) is 13.2 Å². The van der Waals surface area contributed by atoms with Crippen LogP contribution in [-0.2, 0) is 9.84 Å². The highest BCUT2D eigenvalue weighted by Gasteiger charge is 2.20. The van der Waals surface area contributed by atoms with Crippen LogP contribution in [0.3, 0.4) is 0 Å². The highest BCUT2D eigenvalue weighted by molar-refractivity contribution is 7.92. The molecule has 0 aromatic heterocycles. The fraction of sp³-hybridized carbons (Fsp3) is 0.188. The minimum absolute atomic E-state index is 0.115. The van der Waals surface area contributed by atoms with Crippen LogP contribution in [0.1, 0.15) is 24.2 Å². The fourth-order valence-electron chi connectivity index (χ4n) is 1.92. The first-order chi connectivity index (χ1) is 10.7. The molecule has 0 spiro atoms. The highest BCUT2D eigenvalue weighted by atomic mass is 35.5. The minimum atomic E-state index is -3.44. The van der Waals surface area contributed by atoms with E-state index >= 15 is 0 Å². The highest BCUT2D eigenvalue weighted by Crippen LogP contribution is 2.23. The second-order valence-electron chi connectivity index (χ2n) is 5.23. The van der Waals surface area contributed by atoms with E-state index in [0.717, 1.165) is 0 Å². The van der Waals surface area contributed by atoms with Crippen molar-refractivity contribution in [2.75, 3.05) is 5.32 Å². The predicted molar refractivity (Wildman–Crippen MR) is 93.2 cm³/mol. The summed E-state index contributed by atoms with van der Waals surface area (Å²) in [7, 11) is -3.44. The maximum absolute atomic E-state index is 12.3. The standard InChI is InChI=1S/C16H15Cl2NO3S/c1-10(2)23(21,22)15-5-3-4-11(6-15)16(20)19-14-8-12(17)7-13(18)9-14/h3-10H,1-2H3,(H,19,20). The Kier molecular flexibility index (Phi) is 5.34. The number of rotatable bonds is 4. The van der Waals surface area contributed by atoms with E-state index < -0.39 is 21.0 Å². The number of hydrogen-bond donors (Lipinski definition) is 1. The van der Waals surface area contributed by atoms with Crippen molar-refractivity contribution >= 4 is 44.6 Å². The van der Waals surface area contributed by atoms with Gasteiger partial charge in [0.05, 0.1) is 10.1 Å². The monoisotopic (exact) mass is 371 g/mol. The molecule has 4 nitrogen and oxygen atoms in total. The molecule has 0 radical (unpaired) electrons. The van der Waals surface area contributed by atoms with Gasteiger partial charge in [0.2, 0.25) is 0 Å². The lowest BCUT2D eigenvalue weighted by molar-refractivity contribution is 0.102. The maximum atomic E-state index is 12.3. The van der Waals surface area contributed by atoms with Gasteiger partial charge in [-0.3, -0.25) is 4.79 Å². The zero-order chi connectivity index (χ0) is 17.2. The summed E-state index contributed by atoms with van der Waals surface area (Å²) in [6.07, 6.45) is 0. The number of hydrogen-bond acceptors (Lipinski definition) is 3. The number of nitrogens with one attached hydrogen (secondary N) is 1. The zero-order valence-electron chi connectivity index (χ0n) is 12.5. The molecule has 0 bridgehead atoms. The number of carbonyl (C=O) groups excluding carboxylic acids is 1. The van der Waals surface area contributed by atoms with Crippen molar-refractivity contribution < 1.29 is 13.2 Å². The smallest absolute Gasteiger partial charge is 0.255 e. The molecule has 0 aliphatic carbocycles. The molecular formula is C16H15Cl2NO3S. The Morgan fingerprint density at radius 1 is 1.04 bits per heavy atom. The molecule has 0 saturated carbocycles. The molecule has 0 atom stereocenters. The van der Waals surface area contributed by atoms with Crippen molar-refractivity contribution in [1.82, 2.24) is 0 Å². The number of anilines is 1. The van der Waals surface area contributed by atoms with E-state index in [1.165, 1.54) is 18.2 Å². The van der Waals surface area contributed by atoms with E-state index in [2.05, 4.69) is 5.32 Å². The summed E-state index contributed by atoms with van der Waals surface area (Å²) in [5.74, 6) is -0.441. The van der Waals surface area contributed by atoms with Gasteiger partial charge >= 0.3 is 0 Å². The molecule has 23 heavy (non-hydrogen) atoms. The van der Waals surface area contributed by atoms with Crippen LogP contribution in [-0.4, -0.2) is 19.6 Å². The number of halogens is 2. The molecule has 0 saturated heterocycles. The molecule has 2 aromatic carbocycles. The summed E-state index contributed by atoms with van der Waals surface area (Å²) in [5.41, 5.74) is 0.674. The lowest BCUT2D eigenvalue weighted by atomic mass is 10.2. The molecule has 0 unspecified atom stereocenters. The number of amides is 1. The molecule has 0 aliphatic rings. The summed E-state index contributed by atoms with van der Waals surface area (Å²) >= 11 is 11.8. The third kappa shape index (κ3) is 4.25. The summed E-state index contributed by atoms with van der Waals surface area (Å²) < 4.78 is 24.4. The van der Waals surface area contributed by atoms with E-state index in [4.69, 9.17) is 23.2 Å². The number of benzene rings is 2. The predicted octanol–water partition coefficient (Wildman–Crippen LogP) is 4.43. The molecule has 122 valence electrons. The molecule has 1 N–H and O–H groups in total. The fourth-order valence-corrected chi connectivity index (χ4v) is 3.55. The minimum Gasteiger partial charge on any atom is -0.322 e. The van der Waals surface area contributed by atoms with Crippen LogP contribution in [0.5, 0.6) is 0 Å². The largest absolute Gasteiger partial charge is 0.322 e. The lowest BCUT2D eigenvalue weighted by Crippen LogP contribution is -2.16. The van der Waals surface area contributed by atoms with Gasteiger partial charge in [-0.15, -0.1) is 0 Å². The Morgan fingerprint density at radius 3 is 2.22 bits per heavy atom. The van der Waals surface area contributed by atoms with Crippen LogP contribution < -0.4 is 5.32 Å². The Morgan fingerprint density at radius 2 is 1.65 bits per heavy atom. The quantitative estimate of drug-likeness (QED) is 0.864. The molecule has 2 rings (SSSR count). The molecule has 0 heterocycles. The second-order valence-corrected chi connectivity index (χ2v) is 8.61. The molecule has 1 amide bonds. The van der Waals surface area contributed by atoms with Crippen LogP contribution in [0.2, 0.25) is 10.0 Å². The molecular weight excluding hydrogens is 357 g/mol. The number of sulfone groups is 1. The average molecular weight is 372 g/mol. The van der Waals surface area contributed by atoms with Gasteiger partial charge in [-0.05, 0) is 50.2 Å². The van der Waals surface area contributed by atoms with E-state index in [1.807, 2.05) is 0 Å². The van der Waals surface area contributed by atoms with Crippen LogP contribution in [0.15, 0.2) is 47.4 Å². The summed E-state index contributed by atoms with van der Waals surface area (Å²) in [5, 5.41) is 2.87.